The van der Waals surface area contributed by atoms with E-state index in [2.05, 4.69) is 6.07 Å². The number of carbonyl (C=O) groups is 1. The van der Waals surface area contributed by atoms with Gasteiger partial charge in [0.05, 0.1) is 5.41 Å². The molecule has 0 amide bonds. The van der Waals surface area contributed by atoms with Gasteiger partial charge in [-0.05, 0) is 37.5 Å². The number of hydrogen-bond acceptors (Lipinski definition) is 1. The standard InChI is InChI=1S/C17H17ClO/c1-13-6-5-8-15(10-13)17(2,12-19)11-14-7-3-4-9-16(14)18/h3-10,12H,11H2,1-2H3. The Morgan fingerprint density at radius 3 is 2.53 bits per heavy atom. The Balaban J connectivity index is 2.39. The second kappa shape index (κ2) is 5.58. The Labute approximate surface area is 119 Å². The van der Waals surface area contributed by atoms with E-state index in [1.54, 1.807) is 0 Å². The van der Waals surface area contributed by atoms with Gasteiger partial charge in [-0.15, -0.1) is 0 Å². The van der Waals surface area contributed by atoms with Gasteiger partial charge in [0.15, 0.2) is 0 Å². The summed E-state index contributed by atoms with van der Waals surface area (Å²) in [4.78, 5) is 11.6. The van der Waals surface area contributed by atoms with E-state index in [0.717, 1.165) is 23.0 Å². The fraction of sp³-hybridized carbons (Fsp3) is 0.235. The number of aldehydes is 1. The minimum absolute atomic E-state index is 0.545. The molecular weight excluding hydrogens is 256 g/mol. The highest BCUT2D eigenvalue weighted by molar-refractivity contribution is 6.31. The lowest BCUT2D eigenvalue weighted by Crippen LogP contribution is -2.27. The van der Waals surface area contributed by atoms with Gasteiger partial charge < -0.3 is 4.79 Å². The molecule has 0 saturated heterocycles. The van der Waals surface area contributed by atoms with Gasteiger partial charge in [0.2, 0.25) is 0 Å². The van der Waals surface area contributed by atoms with E-state index in [1.807, 2.05) is 56.3 Å². The summed E-state index contributed by atoms with van der Waals surface area (Å²) >= 11 is 6.19. The summed E-state index contributed by atoms with van der Waals surface area (Å²) in [6, 6.07) is 15.8. The molecule has 0 fully saturated rings. The Morgan fingerprint density at radius 2 is 1.89 bits per heavy atom. The van der Waals surface area contributed by atoms with Crippen LogP contribution in [0.1, 0.15) is 23.6 Å². The highest BCUT2D eigenvalue weighted by Crippen LogP contribution is 2.29. The molecule has 2 aromatic carbocycles. The third-order valence-electron chi connectivity index (χ3n) is 3.45. The molecule has 0 saturated carbocycles. The van der Waals surface area contributed by atoms with Gasteiger partial charge in [0.25, 0.3) is 0 Å². The maximum absolute atomic E-state index is 11.6. The fourth-order valence-corrected chi connectivity index (χ4v) is 2.45. The maximum atomic E-state index is 11.6. The molecule has 2 heteroatoms. The van der Waals surface area contributed by atoms with Crippen LogP contribution in [0, 0.1) is 6.92 Å². The SMILES string of the molecule is Cc1cccc(C(C)(C=O)Cc2ccccc2Cl)c1. The third-order valence-corrected chi connectivity index (χ3v) is 3.82. The topological polar surface area (TPSA) is 17.1 Å². The van der Waals surface area contributed by atoms with Crippen LogP contribution in [0.5, 0.6) is 0 Å². The Hall–Kier alpha value is -1.60. The smallest absolute Gasteiger partial charge is 0.130 e. The quantitative estimate of drug-likeness (QED) is 0.757. The van der Waals surface area contributed by atoms with Crippen molar-refractivity contribution in [2.45, 2.75) is 25.7 Å². The van der Waals surface area contributed by atoms with Crippen LogP contribution in [-0.2, 0) is 16.6 Å². The summed E-state index contributed by atoms with van der Waals surface area (Å²) in [5, 5.41) is 0.711. The van der Waals surface area contributed by atoms with Crippen LogP contribution in [0.2, 0.25) is 5.02 Å². The van der Waals surface area contributed by atoms with Crippen molar-refractivity contribution in [3.63, 3.8) is 0 Å². The lowest BCUT2D eigenvalue weighted by atomic mass is 9.78. The summed E-state index contributed by atoms with van der Waals surface area (Å²) < 4.78 is 0. The van der Waals surface area contributed by atoms with Gasteiger partial charge in [-0.2, -0.15) is 0 Å². The van der Waals surface area contributed by atoms with E-state index in [4.69, 9.17) is 11.6 Å². The molecule has 98 valence electrons. The van der Waals surface area contributed by atoms with Crippen molar-refractivity contribution in [2.75, 3.05) is 0 Å². The van der Waals surface area contributed by atoms with Crippen LogP contribution in [0.15, 0.2) is 48.5 Å². The molecule has 0 heterocycles. The zero-order chi connectivity index (χ0) is 13.9. The van der Waals surface area contributed by atoms with Crippen LogP contribution in [0.25, 0.3) is 0 Å². The first-order valence-electron chi connectivity index (χ1n) is 6.32. The highest BCUT2D eigenvalue weighted by Gasteiger charge is 2.27. The van der Waals surface area contributed by atoms with Crippen LogP contribution < -0.4 is 0 Å². The third kappa shape index (κ3) is 3.05. The van der Waals surface area contributed by atoms with E-state index in [1.165, 1.54) is 0 Å². The average Bonchev–Trinajstić information content (AvgIpc) is 2.41. The molecule has 0 aliphatic carbocycles. The summed E-state index contributed by atoms with van der Waals surface area (Å²) in [6.45, 7) is 3.99. The van der Waals surface area contributed by atoms with Gasteiger partial charge >= 0.3 is 0 Å². The molecule has 1 atom stereocenters. The van der Waals surface area contributed by atoms with E-state index in [0.29, 0.717) is 11.4 Å². The predicted octanol–water partition coefficient (Wildman–Crippen LogP) is 4.35. The molecule has 0 aromatic heterocycles. The monoisotopic (exact) mass is 272 g/mol. The molecule has 2 aromatic rings. The van der Waals surface area contributed by atoms with Gasteiger partial charge in [-0.1, -0.05) is 59.6 Å². The first kappa shape index (κ1) is 13.8. The minimum atomic E-state index is -0.545. The summed E-state index contributed by atoms with van der Waals surface area (Å²) in [6.07, 6.45) is 1.63. The van der Waals surface area contributed by atoms with Gasteiger partial charge in [-0.3, -0.25) is 0 Å². The molecule has 0 aliphatic rings. The highest BCUT2D eigenvalue weighted by atomic mass is 35.5. The van der Waals surface area contributed by atoms with Crippen molar-refractivity contribution >= 4 is 17.9 Å². The maximum Gasteiger partial charge on any atom is 0.130 e. The Morgan fingerprint density at radius 1 is 1.16 bits per heavy atom. The second-order valence-electron chi connectivity index (χ2n) is 5.17. The molecule has 0 aliphatic heterocycles. The number of carbonyl (C=O) groups excluding carboxylic acids is 1. The fourth-order valence-electron chi connectivity index (χ4n) is 2.25. The molecular formula is C17H17ClO. The first-order chi connectivity index (χ1) is 9.05. The van der Waals surface area contributed by atoms with Gasteiger partial charge in [0.1, 0.15) is 6.29 Å². The minimum Gasteiger partial charge on any atom is -0.302 e. The number of halogens is 1. The number of aryl methyl sites for hydroxylation is 1. The van der Waals surface area contributed by atoms with Crippen molar-refractivity contribution in [1.29, 1.82) is 0 Å². The van der Waals surface area contributed by atoms with E-state index < -0.39 is 5.41 Å². The van der Waals surface area contributed by atoms with Crippen LogP contribution in [-0.4, -0.2) is 6.29 Å². The lowest BCUT2D eigenvalue weighted by Gasteiger charge is -2.24. The Bertz CT molecular complexity index is 591. The van der Waals surface area contributed by atoms with Gasteiger partial charge in [-0.25, -0.2) is 0 Å². The number of rotatable bonds is 4. The van der Waals surface area contributed by atoms with Crippen LogP contribution in [0.4, 0.5) is 0 Å². The van der Waals surface area contributed by atoms with Crippen molar-refractivity contribution in [3.8, 4) is 0 Å². The number of hydrogen-bond donors (Lipinski definition) is 0. The van der Waals surface area contributed by atoms with E-state index in [9.17, 15) is 4.79 Å². The lowest BCUT2D eigenvalue weighted by molar-refractivity contribution is -0.112. The molecule has 0 bridgehead atoms. The molecule has 0 radical (unpaired) electrons. The molecule has 0 spiro atoms. The molecule has 0 N–H and O–H groups in total. The average molecular weight is 273 g/mol. The normalized spacial score (nSPS) is 13.8. The number of benzene rings is 2. The summed E-state index contributed by atoms with van der Waals surface area (Å²) in [7, 11) is 0. The van der Waals surface area contributed by atoms with Crippen molar-refractivity contribution in [3.05, 3.63) is 70.2 Å². The zero-order valence-corrected chi connectivity index (χ0v) is 11.9. The van der Waals surface area contributed by atoms with E-state index >= 15 is 0 Å². The summed E-state index contributed by atoms with van der Waals surface area (Å²) in [5.74, 6) is 0. The van der Waals surface area contributed by atoms with Crippen LogP contribution >= 0.6 is 11.6 Å². The van der Waals surface area contributed by atoms with Crippen molar-refractivity contribution < 1.29 is 4.79 Å². The zero-order valence-electron chi connectivity index (χ0n) is 11.2. The van der Waals surface area contributed by atoms with E-state index in [-0.39, 0.29) is 0 Å². The molecule has 1 nitrogen and oxygen atoms in total. The van der Waals surface area contributed by atoms with Crippen molar-refractivity contribution in [1.82, 2.24) is 0 Å². The molecule has 1 unspecified atom stereocenters. The first-order valence-corrected chi connectivity index (χ1v) is 6.70. The van der Waals surface area contributed by atoms with Crippen molar-refractivity contribution in [2.24, 2.45) is 0 Å². The molecule has 19 heavy (non-hydrogen) atoms. The summed E-state index contributed by atoms with van der Waals surface area (Å²) in [5.41, 5.74) is 2.64. The predicted molar refractivity (Wildman–Crippen MR) is 79.8 cm³/mol. The van der Waals surface area contributed by atoms with Gasteiger partial charge in [0, 0.05) is 5.02 Å². The Kier molecular flexibility index (Phi) is 4.06. The largest absolute Gasteiger partial charge is 0.302 e. The molecule has 2 rings (SSSR count). The van der Waals surface area contributed by atoms with Crippen LogP contribution in [0.3, 0.4) is 0 Å². The second-order valence-corrected chi connectivity index (χ2v) is 5.58.